The SMILES string of the molecule is C=C[C@@H]1CN(c2nc3c(-c4ccc(-c5ccccc5)nc4)cnn3c3c2CCCN3)C[C@H](C)O1. The van der Waals surface area contributed by atoms with Crippen molar-refractivity contribution in [2.45, 2.75) is 32.0 Å². The first-order valence-corrected chi connectivity index (χ1v) is 11.9. The van der Waals surface area contributed by atoms with Crippen LogP contribution in [-0.2, 0) is 11.2 Å². The molecule has 2 atom stereocenters. The minimum atomic E-state index is -0.00640. The van der Waals surface area contributed by atoms with Crippen LogP contribution in [0.25, 0.3) is 28.0 Å². The second kappa shape index (κ2) is 8.57. The maximum absolute atomic E-state index is 6.02. The van der Waals surface area contributed by atoms with E-state index in [2.05, 4.69) is 48.0 Å². The number of ether oxygens (including phenoxy) is 1. The molecule has 1 saturated heterocycles. The van der Waals surface area contributed by atoms with Crippen molar-refractivity contribution < 1.29 is 4.74 Å². The second-order valence-electron chi connectivity index (χ2n) is 9.01. The maximum atomic E-state index is 6.02. The Kier molecular flexibility index (Phi) is 5.26. The Morgan fingerprint density at radius 3 is 2.76 bits per heavy atom. The lowest BCUT2D eigenvalue weighted by atomic mass is 10.1. The van der Waals surface area contributed by atoms with E-state index in [-0.39, 0.29) is 12.2 Å². The van der Waals surface area contributed by atoms with Gasteiger partial charge in [-0.1, -0.05) is 42.5 Å². The van der Waals surface area contributed by atoms with E-state index >= 15 is 0 Å². The van der Waals surface area contributed by atoms with E-state index < -0.39 is 0 Å². The molecule has 2 aliphatic rings. The quantitative estimate of drug-likeness (QED) is 0.457. The molecule has 5 heterocycles. The van der Waals surface area contributed by atoms with Crippen molar-refractivity contribution in [1.29, 1.82) is 0 Å². The van der Waals surface area contributed by atoms with Gasteiger partial charge in [0.1, 0.15) is 11.6 Å². The fourth-order valence-corrected chi connectivity index (χ4v) is 4.99. The van der Waals surface area contributed by atoms with E-state index in [1.54, 1.807) is 0 Å². The molecule has 3 aromatic heterocycles. The molecule has 0 amide bonds. The Labute approximate surface area is 199 Å². The van der Waals surface area contributed by atoms with Gasteiger partial charge in [0.15, 0.2) is 5.65 Å². The van der Waals surface area contributed by atoms with Crippen LogP contribution in [0.2, 0.25) is 0 Å². The largest absolute Gasteiger partial charge is 0.370 e. The van der Waals surface area contributed by atoms with Gasteiger partial charge < -0.3 is 15.0 Å². The third-order valence-corrected chi connectivity index (χ3v) is 6.61. The van der Waals surface area contributed by atoms with Crippen molar-refractivity contribution in [2.24, 2.45) is 0 Å². The zero-order valence-corrected chi connectivity index (χ0v) is 19.3. The molecule has 0 saturated carbocycles. The summed E-state index contributed by atoms with van der Waals surface area (Å²) in [5.74, 6) is 2.06. The van der Waals surface area contributed by atoms with Gasteiger partial charge in [0.25, 0.3) is 0 Å². The fraction of sp³-hybridized carbons (Fsp3) is 0.296. The molecule has 2 aliphatic heterocycles. The third kappa shape index (κ3) is 3.62. The Morgan fingerprint density at radius 1 is 1.09 bits per heavy atom. The maximum Gasteiger partial charge on any atom is 0.167 e. The lowest BCUT2D eigenvalue weighted by molar-refractivity contribution is 0.0101. The van der Waals surface area contributed by atoms with E-state index in [1.165, 1.54) is 5.56 Å². The first-order valence-electron chi connectivity index (χ1n) is 11.9. The van der Waals surface area contributed by atoms with Crippen LogP contribution in [0.1, 0.15) is 18.9 Å². The zero-order valence-electron chi connectivity index (χ0n) is 19.3. The van der Waals surface area contributed by atoms with Gasteiger partial charge >= 0.3 is 0 Å². The van der Waals surface area contributed by atoms with Crippen LogP contribution in [0.15, 0.2) is 67.5 Å². The molecule has 7 heteroatoms. The molecular weight excluding hydrogens is 424 g/mol. The predicted octanol–water partition coefficient (Wildman–Crippen LogP) is 4.60. The molecule has 34 heavy (non-hydrogen) atoms. The van der Waals surface area contributed by atoms with Gasteiger partial charge in [0, 0.05) is 48.1 Å². The van der Waals surface area contributed by atoms with Crippen molar-refractivity contribution in [1.82, 2.24) is 19.6 Å². The van der Waals surface area contributed by atoms with Crippen molar-refractivity contribution in [2.75, 3.05) is 29.9 Å². The van der Waals surface area contributed by atoms with Gasteiger partial charge in [0.2, 0.25) is 0 Å². The van der Waals surface area contributed by atoms with Crippen molar-refractivity contribution in [3.8, 4) is 22.4 Å². The zero-order chi connectivity index (χ0) is 23.1. The number of aromatic nitrogens is 4. The molecule has 0 spiro atoms. The predicted molar refractivity (Wildman–Crippen MR) is 135 cm³/mol. The van der Waals surface area contributed by atoms with Crippen LogP contribution < -0.4 is 10.2 Å². The lowest BCUT2D eigenvalue weighted by Gasteiger charge is -2.38. The number of fused-ring (bicyclic) bond motifs is 3. The first kappa shape index (κ1) is 20.9. The topological polar surface area (TPSA) is 67.6 Å². The summed E-state index contributed by atoms with van der Waals surface area (Å²) in [6, 6.07) is 14.4. The standard InChI is InChI=1S/C27H28N6O/c1-3-21-17-32(16-18(2)34-21)26-22-10-7-13-28-25(22)33-27(31-26)23(15-30-33)20-11-12-24(29-14-20)19-8-5-4-6-9-19/h3-6,8-9,11-12,14-15,18,21,28H,1,7,10,13,16-17H2,2H3/t18-,21+/m0/s1. The van der Waals surface area contributed by atoms with Crippen LogP contribution >= 0.6 is 0 Å². The number of hydrogen-bond acceptors (Lipinski definition) is 6. The summed E-state index contributed by atoms with van der Waals surface area (Å²) in [7, 11) is 0. The van der Waals surface area contributed by atoms with Gasteiger partial charge in [-0.2, -0.15) is 9.61 Å². The number of anilines is 2. The van der Waals surface area contributed by atoms with Crippen molar-refractivity contribution in [3.05, 3.63) is 73.1 Å². The van der Waals surface area contributed by atoms with Crippen LogP contribution in [0.4, 0.5) is 11.6 Å². The average molecular weight is 453 g/mol. The van der Waals surface area contributed by atoms with Crippen molar-refractivity contribution in [3.63, 3.8) is 0 Å². The number of hydrogen-bond donors (Lipinski definition) is 1. The minimum Gasteiger partial charge on any atom is -0.370 e. The van der Waals surface area contributed by atoms with Gasteiger partial charge in [-0.05, 0) is 25.8 Å². The summed E-state index contributed by atoms with van der Waals surface area (Å²) in [5.41, 5.74) is 6.10. The summed E-state index contributed by atoms with van der Waals surface area (Å²) in [6.07, 6.45) is 7.86. The molecule has 4 aromatic rings. The number of benzene rings is 1. The summed E-state index contributed by atoms with van der Waals surface area (Å²) < 4.78 is 7.97. The molecule has 172 valence electrons. The fourth-order valence-electron chi connectivity index (χ4n) is 4.99. The van der Waals surface area contributed by atoms with Crippen LogP contribution in [0, 0.1) is 0 Å². The van der Waals surface area contributed by atoms with E-state index in [0.717, 1.165) is 72.1 Å². The lowest BCUT2D eigenvalue weighted by Crippen LogP contribution is -2.46. The molecule has 1 fully saturated rings. The molecular formula is C27H28N6O. The normalized spacial score (nSPS) is 20.1. The van der Waals surface area contributed by atoms with Gasteiger partial charge in [-0.3, -0.25) is 4.98 Å². The van der Waals surface area contributed by atoms with Gasteiger partial charge in [0.05, 0.1) is 24.1 Å². The van der Waals surface area contributed by atoms with E-state index in [0.29, 0.717) is 0 Å². The number of nitrogens with zero attached hydrogens (tertiary/aromatic N) is 5. The molecule has 7 nitrogen and oxygen atoms in total. The highest BCUT2D eigenvalue weighted by molar-refractivity contribution is 5.81. The molecule has 0 aliphatic carbocycles. The highest BCUT2D eigenvalue weighted by Crippen LogP contribution is 2.35. The first-order chi connectivity index (χ1) is 16.7. The summed E-state index contributed by atoms with van der Waals surface area (Å²) >= 11 is 0. The smallest absolute Gasteiger partial charge is 0.167 e. The van der Waals surface area contributed by atoms with E-state index in [1.807, 2.05) is 41.2 Å². The Morgan fingerprint density at radius 2 is 1.97 bits per heavy atom. The summed E-state index contributed by atoms with van der Waals surface area (Å²) in [6.45, 7) is 8.55. The average Bonchev–Trinajstić information content (AvgIpc) is 3.33. The van der Waals surface area contributed by atoms with Crippen LogP contribution in [0.3, 0.4) is 0 Å². The highest BCUT2D eigenvalue weighted by atomic mass is 16.5. The number of pyridine rings is 1. The van der Waals surface area contributed by atoms with Gasteiger partial charge in [-0.15, -0.1) is 6.58 Å². The monoisotopic (exact) mass is 452 g/mol. The number of morpholine rings is 1. The highest BCUT2D eigenvalue weighted by Gasteiger charge is 2.29. The third-order valence-electron chi connectivity index (χ3n) is 6.61. The Balaban J connectivity index is 1.45. The summed E-state index contributed by atoms with van der Waals surface area (Å²) in [4.78, 5) is 12.3. The Bertz CT molecular complexity index is 1330. The Hall–Kier alpha value is -3.71. The molecule has 6 rings (SSSR count). The number of nitrogens with one attached hydrogen (secondary N) is 1. The minimum absolute atomic E-state index is 0.00640. The van der Waals surface area contributed by atoms with E-state index in [9.17, 15) is 0 Å². The van der Waals surface area contributed by atoms with Crippen LogP contribution in [0.5, 0.6) is 0 Å². The number of rotatable bonds is 4. The van der Waals surface area contributed by atoms with Crippen LogP contribution in [-0.4, -0.2) is 51.4 Å². The van der Waals surface area contributed by atoms with Gasteiger partial charge in [-0.25, -0.2) is 4.98 Å². The molecule has 0 bridgehead atoms. The molecule has 1 N–H and O–H groups in total. The van der Waals surface area contributed by atoms with Crippen molar-refractivity contribution >= 4 is 17.3 Å². The van der Waals surface area contributed by atoms with E-state index in [4.69, 9.17) is 19.8 Å². The summed E-state index contributed by atoms with van der Waals surface area (Å²) in [5, 5.41) is 8.31. The second-order valence-corrected chi connectivity index (χ2v) is 9.01. The molecule has 0 unspecified atom stereocenters. The molecule has 0 radical (unpaired) electrons. The molecule has 1 aromatic carbocycles.